The number of hydrogen-bond acceptors (Lipinski definition) is 4. The second-order valence-corrected chi connectivity index (χ2v) is 11.0. The second-order valence-electron chi connectivity index (χ2n) is 11.0. The van der Waals surface area contributed by atoms with Gasteiger partial charge in [0.2, 0.25) is 5.91 Å². The Hall–Kier alpha value is -3.63. The number of nitrogens with two attached hydrogens (primary N) is 1. The molecule has 2 atom stereocenters. The maximum absolute atomic E-state index is 13.8. The van der Waals surface area contributed by atoms with Crippen LogP contribution < -0.4 is 11.1 Å². The first-order chi connectivity index (χ1) is 16.7. The average Bonchev–Trinajstić information content (AvgIpc) is 3.15. The van der Waals surface area contributed by atoms with Crippen LogP contribution in [-0.2, 0) is 6.54 Å². The van der Waals surface area contributed by atoms with Gasteiger partial charge in [-0.1, -0.05) is 18.2 Å². The van der Waals surface area contributed by atoms with E-state index in [4.69, 9.17) is 5.73 Å². The van der Waals surface area contributed by atoms with Gasteiger partial charge in [-0.25, -0.2) is 0 Å². The average molecular weight is 469 g/mol. The summed E-state index contributed by atoms with van der Waals surface area (Å²) < 4.78 is 1.93. The maximum atomic E-state index is 13.8. The zero-order valence-corrected chi connectivity index (χ0v) is 19.5. The van der Waals surface area contributed by atoms with Crippen LogP contribution in [0.3, 0.4) is 0 Å². The van der Waals surface area contributed by atoms with Crippen molar-refractivity contribution in [1.82, 2.24) is 9.88 Å². The number of nitriles is 1. The Morgan fingerprint density at radius 3 is 2.43 bits per heavy atom. The van der Waals surface area contributed by atoms with Crippen LogP contribution in [0, 0.1) is 23.2 Å². The number of benzene rings is 2. The summed E-state index contributed by atoms with van der Waals surface area (Å²) in [6.07, 6.45) is 5.31. The number of aliphatic hydroxyl groups is 1. The molecule has 4 fully saturated rings. The topological polar surface area (TPSA) is 121 Å². The Kier molecular flexibility index (Phi) is 4.81. The molecule has 1 heterocycles. The van der Waals surface area contributed by atoms with Crippen LogP contribution in [0.2, 0.25) is 0 Å². The first kappa shape index (κ1) is 21.9. The van der Waals surface area contributed by atoms with Gasteiger partial charge in [0.25, 0.3) is 5.91 Å². The van der Waals surface area contributed by atoms with Gasteiger partial charge < -0.3 is 20.7 Å². The van der Waals surface area contributed by atoms with Crippen LogP contribution in [0.4, 0.5) is 0 Å². The van der Waals surface area contributed by atoms with Crippen molar-refractivity contribution >= 4 is 22.7 Å². The van der Waals surface area contributed by atoms with Gasteiger partial charge >= 0.3 is 0 Å². The molecule has 2 amide bonds. The van der Waals surface area contributed by atoms with E-state index in [9.17, 15) is 20.0 Å². The molecule has 178 valence electrons. The number of amides is 2. The van der Waals surface area contributed by atoms with Crippen molar-refractivity contribution in [2.45, 2.75) is 56.2 Å². The van der Waals surface area contributed by atoms with Crippen molar-refractivity contribution in [2.75, 3.05) is 0 Å². The number of fused-ring (bicyclic) bond motifs is 1. The number of carbonyl (C=O) groups excluding carboxylic acids is 2. The molecule has 3 aromatic rings. The van der Waals surface area contributed by atoms with Crippen molar-refractivity contribution in [3.63, 3.8) is 0 Å². The molecular formula is C28H28N4O3. The van der Waals surface area contributed by atoms with E-state index in [-0.39, 0.29) is 11.4 Å². The first-order valence-electron chi connectivity index (χ1n) is 12.2. The number of primary amides is 1. The molecule has 4 aliphatic carbocycles. The highest BCUT2D eigenvalue weighted by molar-refractivity contribution is 5.99. The summed E-state index contributed by atoms with van der Waals surface area (Å²) in [7, 11) is 0. The van der Waals surface area contributed by atoms with Gasteiger partial charge in [-0.3, -0.25) is 9.59 Å². The van der Waals surface area contributed by atoms with E-state index in [2.05, 4.69) is 11.4 Å². The van der Waals surface area contributed by atoms with Crippen molar-refractivity contribution in [3.05, 3.63) is 70.9 Å². The fourth-order valence-electron chi connectivity index (χ4n) is 7.30. The third-order valence-electron chi connectivity index (χ3n) is 8.25. The minimum absolute atomic E-state index is 0.154. The highest BCUT2D eigenvalue weighted by Gasteiger charge is 2.57. The normalized spacial score (nSPS) is 28.7. The summed E-state index contributed by atoms with van der Waals surface area (Å²) in [5.41, 5.74) is 7.54. The summed E-state index contributed by atoms with van der Waals surface area (Å²) in [6, 6.07) is 16.5. The minimum atomic E-state index is -0.659. The fraction of sp³-hybridized carbons (Fsp3) is 0.393. The van der Waals surface area contributed by atoms with Gasteiger partial charge in [-0.2, -0.15) is 5.26 Å². The molecule has 4 saturated carbocycles. The zero-order chi connectivity index (χ0) is 24.4. The molecule has 7 heteroatoms. The molecule has 7 rings (SSSR count). The van der Waals surface area contributed by atoms with E-state index in [1.54, 1.807) is 24.3 Å². The van der Waals surface area contributed by atoms with E-state index < -0.39 is 11.5 Å². The molecule has 0 spiro atoms. The summed E-state index contributed by atoms with van der Waals surface area (Å²) in [5.74, 6) is 0.293. The standard InChI is InChI=1S/C28H28N4O3/c29-14-18-3-6-22-9-24(32(23(22)8-18)15-17-1-4-21(5-2-17)25(30)33)26(34)31-27-10-19-7-20(11-27)13-28(35,12-19)16-27/h1-6,8-9,19-20,35H,7,10-13,15-16H2,(H2,30,33)(H,31,34). The number of nitrogens with zero attached hydrogens (tertiary/aromatic N) is 2. The van der Waals surface area contributed by atoms with E-state index >= 15 is 0 Å². The Morgan fingerprint density at radius 2 is 1.80 bits per heavy atom. The quantitative estimate of drug-likeness (QED) is 0.531. The first-order valence-corrected chi connectivity index (χ1v) is 12.2. The van der Waals surface area contributed by atoms with Crippen molar-refractivity contribution in [2.24, 2.45) is 17.6 Å². The lowest BCUT2D eigenvalue weighted by Crippen LogP contribution is -2.65. The molecule has 2 aromatic carbocycles. The van der Waals surface area contributed by atoms with E-state index in [1.165, 1.54) is 0 Å². The van der Waals surface area contributed by atoms with Crippen LogP contribution in [-0.4, -0.2) is 32.6 Å². The smallest absolute Gasteiger partial charge is 0.268 e. The fourth-order valence-corrected chi connectivity index (χ4v) is 7.30. The predicted molar refractivity (Wildman–Crippen MR) is 131 cm³/mol. The molecule has 7 nitrogen and oxygen atoms in total. The third kappa shape index (κ3) is 3.78. The number of aromatic nitrogens is 1. The lowest BCUT2D eigenvalue weighted by molar-refractivity contribution is -0.139. The van der Waals surface area contributed by atoms with Crippen LogP contribution >= 0.6 is 0 Å². The molecule has 4 N–H and O–H groups in total. The van der Waals surface area contributed by atoms with Crippen LogP contribution in [0.25, 0.3) is 10.9 Å². The number of hydrogen-bond donors (Lipinski definition) is 3. The highest BCUT2D eigenvalue weighted by Crippen LogP contribution is 2.57. The van der Waals surface area contributed by atoms with E-state index in [0.29, 0.717) is 41.6 Å². The molecule has 2 unspecified atom stereocenters. The Labute approximate surface area is 203 Å². The molecule has 4 bridgehead atoms. The lowest BCUT2D eigenvalue weighted by atomic mass is 9.51. The predicted octanol–water partition coefficient (Wildman–Crippen LogP) is 3.47. The summed E-state index contributed by atoms with van der Waals surface area (Å²) in [5, 5.41) is 24.8. The Balaban J connectivity index is 1.37. The van der Waals surface area contributed by atoms with Crippen LogP contribution in [0.1, 0.15) is 70.5 Å². The highest BCUT2D eigenvalue weighted by atomic mass is 16.3. The van der Waals surface area contributed by atoms with Crippen LogP contribution in [0.15, 0.2) is 48.5 Å². The van der Waals surface area contributed by atoms with E-state index in [0.717, 1.165) is 48.6 Å². The minimum Gasteiger partial charge on any atom is -0.390 e. The molecule has 0 aliphatic heterocycles. The van der Waals surface area contributed by atoms with Gasteiger partial charge in [-0.05, 0) is 86.3 Å². The second kappa shape index (κ2) is 7.69. The van der Waals surface area contributed by atoms with Gasteiger partial charge in [0.1, 0.15) is 5.69 Å². The Morgan fingerprint density at radius 1 is 1.09 bits per heavy atom. The SMILES string of the molecule is N#Cc1ccc2cc(C(=O)NC34CC5CC(CC(O)(C5)C3)C4)n(Cc3ccc(C(N)=O)cc3)c2c1. The number of nitrogens with one attached hydrogen (secondary N) is 1. The zero-order valence-electron chi connectivity index (χ0n) is 19.5. The van der Waals surface area contributed by atoms with Gasteiger partial charge in [0, 0.05) is 23.0 Å². The molecular weight excluding hydrogens is 440 g/mol. The van der Waals surface area contributed by atoms with Crippen molar-refractivity contribution in [3.8, 4) is 6.07 Å². The number of rotatable bonds is 5. The number of carbonyl (C=O) groups is 2. The van der Waals surface area contributed by atoms with Gasteiger partial charge in [0.15, 0.2) is 0 Å². The molecule has 1 aromatic heterocycles. The molecule has 0 radical (unpaired) electrons. The largest absolute Gasteiger partial charge is 0.390 e. The third-order valence-corrected chi connectivity index (χ3v) is 8.25. The molecule has 0 saturated heterocycles. The molecule has 4 aliphatic rings. The molecule has 35 heavy (non-hydrogen) atoms. The maximum Gasteiger partial charge on any atom is 0.268 e. The Bertz CT molecular complexity index is 1380. The van der Waals surface area contributed by atoms with Crippen molar-refractivity contribution in [1.29, 1.82) is 5.26 Å². The summed E-state index contributed by atoms with van der Waals surface area (Å²) >= 11 is 0. The lowest BCUT2D eigenvalue weighted by Gasteiger charge is -2.60. The summed E-state index contributed by atoms with van der Waals surface area (Å²) in [6.45, 7) is 0.405. The monoisotopic (exact) mass is 468 g/mol. The van der Waals surface area contributed by atoms with Crippen molar-refractivity contribution < 1.29 is 14.7 Å². The van der Waals surface area contributed by atoms with Gasteiger partial charge in [-0.15, -0.1) is 0 Å². The van der Waals surface area contributed by atoms with Crippen LogP contribution in [0.5, 0.6) is 0 Å². The van der Waals surface area contributed by atoms with Gasteiger partial charge in [0.05, 0.1) is 22.8 Å². The van der Waals surface area contributed by atoms with E-state index in [1.807, 2.05) is 28.8 Å². The summed E-state index contributed by atoms with van der Waals surface area (Å²) in [4.78, 5) is 25.2.